The van der Waals surface area contributed by atoms with Crippen LogP contribution in [0.4, 0.5) is 4.79 Å². The predicted octanol–water partition coefficient (Wildman–Crippen LogP) is 2.86. The number of carbonyl (C=O) groups is 2. The molecule has 2 aromatic heterocycles. The minimum absolute atomic E-state index is 0.190. The number of carboxylic acid groups (broad SMARTS) is 1. The molecule has 6 nitrogen and oxygen atoms in total. The highest BCUT2D eigenvalue weighted by atomic mass is 35.5. The molecule has 0 aliphatic rings. The number of halogens is 1. The Morgan fingerprint density at radius 1 is 1.29 bits per heavy atom. The van der Waals surface area contributed by atoms with Crippen molar-refractivity contribution in [2.75, 3.05) is 0 Å². The molecular formula is C12H12ClN3O3S2. The van der Waals surface area contributed by atoms with Gasteiger partial charge >= 0.3 is 12.0 Å². The number of nitrogens with zero attached hydrogens (tertiary/aromatic N) is 1. The number of amides is 2. The molecule has 3 N–H and O–H groups in total. The average Bonchev–Trinajstić information content (AvgIpc) is 3.00. The van der Waals surface area contributed by atoms with E-state index in [1.54, 1.807) is 13.0 Å². The normalized spacial score (nSPS) is 10.4. The van der Waals surface area contributed by atoms with E-state index >= 15 is 0 Å². The number of carbonyl (C=O) groups excluding carboxylic acids is 1. The number of urea groups is 1. The lowest BCUT2D eigenvalue weighted by molar-refractivity contribution is 0.0701. The SMILES string of the molecule is Cc1nc(CNC(=O)NCc2ccc(Cl)s2)sc1C(=O)O. The van der Waals surface area contributed by atoms with Gasteiger partial charge in [0, 0.05) is 4.88 Å². The fourth-order valence-corrected chi connectivity index (χ4v) is 3.43. The van der Waals surface area contributed by atoms with Crippen molar-refractivity contribution in [2.24, 2.45) is 0 Å². The van der Waals surface area contributed by atoms with Crippen molar-refractivity contribution in [3.05, 3.63) is 36.9 Å². The Bertz CT molecular complexity index is 669. The monoisotopic (exact) mass is 345 g/mol. The molecule has 0 saturated carbocycles. The number of aromatic nitrogens is 1. The molecule has 21 heavy (non-hydrogen) atoms. The van der Waals surface area contributed by atoms with Crippen LogP contribution in [0.1, 0.15) is 25.3 Å². The summed E-state index contributed by atoms with van der Waals surface area (Å²) < 4.78 is 0.673. The molecule has 0 aromatic carbocycles. The van der Waals surface area contributed by atoms with Crippen molar-refractivity contribution in [3.8, 4) is 0 Å². The van der Waals surface area contributed by atoms with E-state index in [-0.39, 0.29) is 17.5 Å². The summed E-state index contributed by atoms with van der Waals surface area (Å²) in [6.45, 7) is 2.21. The van der Waals surface area contributed by atoms with Gasteiger partial charge in [0.15, 0.2) is 0 Å². The molecule has 112 valence electrons. The Morgan fingerprint density at radius 2 is 2.00 bits per heavy atom. The highest BCUT2D eigenvalue weighted by Crippen LogP contribution is 2.21. The molecule has 0 bridgehead atoms. The van der Waals surface area contributed by atoms with Gasteiger partial charge in [-0.1, -0.05) is 11.6 Å². The summed E-state index contributed by atoms with van der Waals surface area (Å²) in [5, 5.41) is 14.8. The van der Waals surface area contributed by atoms with Gasteiger partial charge in [-0.3, -0.25) is 0 Å². The molecule has 0 unspecified atom stereocenters. The molecule has 0 aliphatic carbocycles. The van der Waals surface area contributed by atoms with Crippen molar-refractivity contribution >= 4 is 46.3 Å². The summed E-state index contributed by atoms with van der Waals surface area (Å²) in [6, 6.07) is 3.27. The van der Waals surface area contributed by atoms with Crippen LogP contribution in [-0.2, 0) is 13.1 Å². The Labute approximate surface area is 133 Å². The number of aromatic carboxylic acids is 1. The number of carboxylic acids is 1. The number of thiophene rings is 1. The van der Waals surface area contributed by atoms with E-state index in [0.29, 0.717) is 21.6 Å². The third-order valence-corrected chi connectivity index (χ3v) is 4.86. The van der Waals surface area contributed by atoms with Crippen molar-refractivity contribution in [1.29, 1.82) is 0 Å². The van der Waals surface area contributed by atoms with Crippen LogP contribution in [-0.4, -0.2) is 22.1 Å². The Morgan fingerprint density at radius 3 is 2.57 bits per heavy atom. The molecule has 0 saturated heterocycles. The Hall–Kier alpha value is -1.64. The highest BCUT2D eigenvalue weighted by Gasteiger charge is 2.14. The van der Waals surface area contributed by atoms with Crippen molar-refractivity contribution < 1.29 is 14.7 Å². The maximum atomic E-state index is 11.6. The number of nitrogens with one attached hydrogen (secondary N) is 2. The molecule has 2 aromatic rings. The molecule has 0 aliphatic heterocycles. The second-order valence-corrected chi connectivity index (χ2v) is 6.95. The second kappa shape index (κ2) is 6.88. The van der Waals surface area contributed by atoms with Crippen molar-refractivity contribution in [3.63, 3.8) is 0 Å². The van der Waals surface area contributed by atoms with Crippen LogP contribution in [0.25, 0.3) is 0 Å². The second-order valence-electron chi connectivity index (χ2n) is 4.07. The molecule has 2 heterocycles. The molecule has 0 spiro atoms. The summed E-state index contributed by atoms with van der Waals surface area (Å²) in [5.74, 6) is -1.00. The van der Waals surface area contributed by atoms with Crippen LogP contribution in [0.3, 0.4) is 0 Å². The zero-order valence-corrected chi connectivity index (χ0v) is 13.4. The van der Waals surface area contributed by atoms with E-state index in [9.17, 15) is 9.59 Å². The highest BCUT2D eigenvalue weighted by molar-refractivity contribution is 7.16. The summed E-state index contributed by atoms with van der Waals surface area (Å²) in [7, 11) is 0. The predicted molar refractivity (Wildman–Crippen MR) is 82.2 cm³/mol. The van der Waals surface area contributed by atoms with Gasteiger partial charge in [-0.05, 0) is 19.1 Å². The number of hydrogen-bond donors (Lipinski definition) is 3. The summed E-state index contributed by atoms with van der Waals surface area (Å²) in [6.07, 6.45) is 0. The summed E-state index contributed by atoms with van der Waals surface area (Å²) >= 11 is 8.25. The van der Waals surface area contributed by atoms with Crippen molar-refractivity contribution in [1.82, 2.24) is 15.6 Å². The molecular weight excluding hydrogens is 334 g/mol. The van der Waals surface area contributed by atoms with Gasteiger partial charge in [-0.2, -0.15) is 0 Å². The molecule has 2 rings (SSSR count). The number of aryl methyl sites for hydroxylation is 1. The number of hydrogen-bond acceptors (Lipinski definition) is 5. The molecule has 0 radical (unpaired) electrons. The van der Waals surface area contributed by atoms with Gasteiger partial charge in [0.25, 0.3) is 0 Å². The van der Waals surface area contributed by atoms with Crippen LogP contribution >= 0.6 is 34.3 Å². The number of rotatable bonds is 5. The Kier molecular flexibility index (Phi) is 5.16. The van der Waals surface area contributed by atoms with Crippen LogP contribution in [0.15, 0.2) is 12.1 Å². The average molecular weight is 346 g/mol. The van der Waals surface area contributed by atoms with E-state index in [4.69, 9.17) is 16.7 Å². The minimum atomic E-state index is -1.00. The van der Waals surface area contributed by atoms with Crippen LogP contribution in [0.5, 0.6) is 0 Å². The lowest BCUT2D eigenvalue weighted by atomic mass is 10.4. The van der Waals surface area contributed by atoms with Gasteiger partial charge in [-0.15, -0.1) is 22.7 Å². The largest absolute Gasteiger partial charge is 0.477 e. The lowest BCUT2D eigenvalue weighted by Crippen LogP contribution is -2.34. The van der Waals surface area contributed by atoms with Gasteiger partial charge in [0.1, 0.15) is 9.88 Å². The standard InChI is InChI=1S/C12H12ClN3O3S2/c1-6-10(11(17)18)21-9(16-6)5-15-12(19)14-4-7-2-3-8(13)20-7/h2-3H,4-5H2,1H3,(H,17,18)(H2,14,15,19). The molecule has 2 amide bonds. The van der Waals surface area contributed by atoms with Crippen LogP contribution in [0, 0.1) is 6.92 Å². The van der Waals surface area contributed by atoms with E-state index in [1.807, 2.05) is 6.07 Å². The van der Waals surface area contributed by atoms with Gasteiger partial charge in [0.2, 0.25) is 0 Å². The van der Waals surface area contributed by atoms with Crippen LogP contribution in [0.2, 0.25) is 4.34 Å². The van der Waals surface area contributed by atoms with E-state index in [1.165, 1.54) is 11.3 Å². The summed E-state index contributed by atoms with van der Waals surface area (Å²) in [4.78, 5) is 27.8. The maximum absolute atomic E-state index is 11.6. The smallest absolute Gasteiger partial charge is 0.347 e. The third kappa shape index (κ3) is 4.42. The fraction of sp³-hybridized carbons (Fsp3) is 0.250. The lowest BCUT2D eigenvalue weighted by Gasteiger charge is -2.04. The van der Waals surface area contributed by atoms with E-state index < -0.39 is 5.97 Å². The number of thiazole rings is 1. The van der Waals surface area contributed by atoms with E-state index in [0.717, 1.165) is 16.2 Å². The first-order valence-corrected chi connectivity index (χ1v) is 7.92. The maximum Gasteiger partial charge on any atom is 0.347 e. The van der Waals surface area contributed by atoms with Crippen LogP contribution < -0.4 is 10.6 Å². The fourth-order valence-electron chi connectivity index (χ4n) is 1.56. The topological polar surface area (TPSA) is 91.3 Å². The summed E-state index contributed by atoms with van der Waals surface area (Å²) in [5.41, 5.74) is 0.456. The van der Waals surface area contributed by atoms with E-state index in [2.05, 4.69) is 15.6 Å². The Balaban J connectivity index is 1.81. The minimum Gasteiger partial charge on any atom is -0.477 e. The first-order valence-electron chi connectivity index (χ1n) is 5.91. The van der Waals surface area contributed by atoms with Crippen molar-refractivity contribution in [2.45, 2.75) is 20.0 Å². The third-order valence-electron chi connectivity index (χ3n) is 2.49. The molecule has 0 fully saturated rings. The zero-order chi connectivity index (χ0) is 15.4. The zero-order valence-electron chi connectivity index (χ0n) is 11.0. The van der Waals surface area contributed by atoms with Gasteiger partial charge < -0.3 is 15.7 Å². The quantitative estimate of drug-likeness (QED) is 0.777. The molecule has 9 heteroatoms. The van der Waals surface area contributed by atoms with Gasteiger partial charge in [0.05, 0.1) is 23.1 Å². The molecule has 0 atom stereocenters. The first kappa shape index (κ1) is 15.7. The van der Waals surface area contributed by atoms with Gasteiger partial charge in [-0.25, -0.2) is 14.6 Å². The first-order chi connectivity index (χ1) is 9.95.